The molecule has 1 fully saturated rings. The molecule has 0 amide bonds. The molecule has 0 saturated carbocycles. The molecular weight excluding hydrogens is 244 g/mol. The lowest BCUT2D eigenvalue weighted by Gasteiger charge is -2.14. The number of aromatic nitrogens is 2. The second kappa shape index (κ2) is 5.02. The van der Waals surface area contributed by atoms with Gasteiger partial charge in [-0.05, 0) is 0 Å². The van der Waals surface area contributed by atoms with Crippen LogP contribution >= 0.6 is 0 Å². The summed E-state index contributed by atoms with van der Waals surface area (Å²) in [7, 11) is 0. The van der Waals surface area contributed by atoms with Gasteiger partial charge < -0.3 is 20.1 Å². The van der Waals surface area contributed by atoms with E-state index < -0.39 is 36.3 Å². The molecule has 8 nitrogen and oxygen atoms in total. The van der Waals surface area contributed by atoms with Gasteiger partial charge in [-0.25, -0.2) is 4.79 Å². The van der Waals surface area contributed by atoms with E-state index in [0.29, 0.717) is 0 Å². The molecule has 8 heteroatoms. The van der Waals surface area contributed by atoms with Crippen LogP contribution in [0.15, 0.2) is 15.8 Å². The summed E-state index contributed by atoms with van der Waals surface area (Å²) < 4.78 is 6.38. The predicted molar refractivity (Wildman–Crippen MR) is 58.9 cm³/mol. The first-order valence-corrected chi connectivity index (χ1v) is 5.46. The van der Waals surface area contributed by atoms with Crippen molar-refractivity contribution < 1.29 is 20.1 Å². The normalized spacial score (nSPS) is 27.6. The molecule has 0 aliphatic carbocycles. The van der Waals surface area contributed by atoms with Crippen LogP contribution in [0.25, 0.3) is 0 Å². The maximum atomic E-state index is 11.6. The van der Waals surface area contributed by atoms with Gasteiger partial charge in [0.15, 0.2) is 0 Å². The summed E-state index contributed by atoms with van der Waals surface area (Å²) in [5, 5.41) is 27.5. The Morgan fingerprint density at radius 2 is 2.17 bits per heavy atom. The molecule has 2 heterocycles. The number of aromatic amines is 1. The van der Waals surface area contributed by atoms with Crippen molar-refractivity contribution in [3.05, 3.63) is 32.6 Å². The van der Waals surface area contributed by atoms with Crippen molar-refractivity contribution in [2.75, 3.05) is 6.61 Å². The Morgan fingerprint density at radius 3 is 2.72 bits per heavy atom. The van der Waals surface area contributed by atoms with Crippen LogP contribution in [-0.2, 0) is 11.3 Å². The van der Waals surface area contributed by atoms with E-state index in [-0.39, 0.29) is 18.6 Å². The number of ether oxygens (including phenoxy) is 1. The van der Waals surface area contributed by atoms with Gasteiger partial charge in [0, 0.05) is 12.6 Å². The summed E-state index contributed by atoms with van der Waals surface area (Å²) >= 11 is 0. The summed E-state index contributed by atoms with van der Waals surface area (Å²) in [6.07, 6.45) is -1.09. The van der Waals surface area contributed by atoms with Crippen molar-refractivity contribution in [2.24, 2.45) is 0 Å². The van der Waals surface area contributed by atoms with E-state index in [9.17, 15) is 14.7 Å². The first-order chi connectivity index (χ1) is 8.56. The maximum Gasteiger partial charge on any atom is 0.330 e. The van der Waals surface area contributed by atoms with Crippen molar-refractivity contribution in [1.82, 2.24) is 9.55 Å². The first kappa shape index (κ1) is 13.0. The number of aliphatic hydroxyl groups excluding tert-OH is 3. The lowest BCUT2D eigenvalue weighted by molar-refractivity contribution is -0.0460. The van der Waals surface area contributed by atoms with Gasteiger partial charge in [0.2, 0.25) is 0 Å². The minimum Gasteiger partial charge on any atom is -0.394 e. The Labute approximate surface area is 101 Å². The molecule has 1 aliphatic rings. The Balaban J connectivity index is 2.35. The Bertz CT molecular complexity index is 536. The zero-order valence-corrected chi connectivity index (χ0v) is 9.44. The molecule has 0 bridgehead atoms. The first-order valence-electron chi connectivity index (χ1n) is 5.46. The fraction of sp³-hybridized carbons (Fsp3) is 0.600. The Hall–Kier alpha value is -1.48. The summed E-state index contributed by atoms with van der Waals surface area (Å²) in [6, 6.07) is 0. The second-order valence-corrected chi connectivity index (χ2v) is 4.09. The van der Waals surface area contributed by atoms with Gasteiger partial charge in [-0.15, -0.1) is 0 Å². The van der Waals surface area contributed by atoms with Crippen molar-refractivity contribution in [2.45, 2.75) is 31.5 Å². The lowest BCUT2D eigenvalue weighted by atomic mass is 10.2. The molecule has 1 aromatic heterocycles. The van der Waals surface area contributed by atoms with Gasteiger partial charge in [-0.1, -0.05) is 0 Å². The maximum absolute atomic E-state index is 11.6. The number of hydrogen-bond donors (Lipinski definition) is 4. The van der Waals surface area contributed by atoms with E-state index >= 15 is 0 Å². The molecule has 4 N–H and O–H groups in total. The SMILES string of the molecule is O=c1[nH]c(=O)n([C@@H]2CC(O)[C@H](CO)O2)cc1CO. The number of H-pyrrole nitrogens is 1. The lowest BCUT2D eigenvalue weighted by Crippen LogP contribution is -2.34. The van der Waals surface area contributed by atoms with Crippen LogP contribution < -0.4 is 11.2 Å². The summed E-state index contributed by atoms with van der Waals surface area (Å²) in [5.41, 5.74) is -1.32. The summed E-state index contributed by atoms with van der Waals surface area (Å²) in [4.78, 5) is 24.9. The van der Waals surface area contributed by atoms with Crippen LogP contribution in [0.2, 0.25) is 0 Å². The highest BCUT2D eigenvalue weighted by atomic mass is 16.5. The van der Waals surface area contributed by atoms with Crippen LogP contribution in [0.4, 0.5) is 0 Å². The fourth-order valence-electron chi connectivity index (χ4n) is 1.90. The smallest absolute Gasteiger partial charge is 0.330 e. The third kappa shape index (κ3) is 2.23. The van der Waals surface area contributed by atoms with Gasteiger partial charge in [-0.3, -0.25) is 14.3 Å². The van der Waals surface area contributed by atoms with E-state index in [1.165, 1.54) is 6.20 Å². The number of rotatable bonds is 3. The van der Waals surface area contributed by atoms with Gasteiger partial charge in [-0.2, -0.15) is 0 Å². The molecule has 1 aliphatic heterocycles. The van der Waals surface area contributed by atoms with Crippen molar-refractivity contribution in [1.29, 1.82) is 0 Å². The fourth-order valence-corrected chi connectivity index (χ4v) is 1.90. The van der Waals surface area contributed by atoms with Crippen LogP contribution in [-0.4, -0.2) is 43.7 Å². The molecule has 18 heavy (non-hydrogen) atoms. The topological polar surface area (TPSA) is 125 Å². The van der Waals surface area contributed by atoms with Gasteiger partial charge in [0.1, 0.15) is 12.3 Å². The third-order valence-electron chi connectivity index (χ3n) is 2.91. The quantitative estimate of drug-likeness (QED) is 0.482. The predicted octanol–water partition coefficient (Wildman–Crippen LogP) is -2.33. The van der Waals surface area contributed by atoms with Crippen LogP contribution in [0.1, 0.15) is 18.2 Å². The summed E-state index contributed by atoms with van der Waals surface area (Å²) in [6.45, 7) is -0.864. The minimum atomic E-state index is -0.878. The van der Waals surface area contributed by atoms with Crippen molar-refractivity contribution >= 4 is 0 Å². The molecule has 100 valence electrons. The number of nitrogens with zero attached hydrogens (tertiary/aromatic N) is 1. The molecular formula is C10H14N2O6. The Morgan fingerprint density at radius 1 is 1.44 bits per heavy atom. The monoisotopic (exact) mass is 258 g/mol. The highest BCUT2D eigenvalue weighted by molar-refractivity contribution is 5.03. The highest BCUT2D eigenvalue weighted by Gasteiger charge is 2.35. The van der Waals surface area contributed by atoms with E-state index in [2.05, 4.69) is 4.98 Å². The van der Waals surface area contributed by atoms with E-state index in [0.717, 1.165) is 4.57 Å². The second-order valence-electron chi connectivity index (χ2n) is 4.09. The molecule has 1 saturated heterocycles. The standard InChI is InChI=1S/C10H14N2O6/c13-3-5-2-12(10(17)11-9(5)16)8-1-6(15)7(4-14)18-8/h2,6-8,13-15H,1,3-4H2,(H,11,16,17)/t6?,7-,8-/m0/s1. The van der Waals surface area contributed by atoms with Gasteiger partial charge in [0.05, 0.1) is 24.9 Å². The zero-order chi connectivity index (χ0) is 13.3. The highest BCUT2D eigenvalue weighted by Crippen LogP contribution is 2.27. The molecule has 3 atom stereocenters. The molecule has 0 spiro atoms. The van der Waals surface area contributed by atoms with Crippen LogP contribution in [0, 0.1) is 0 Å². The molecule has 2 rings (SSSR count). The molecule has 1 aromatic rings. The van der Waals surface area contributed by atoms with E-state index in [1.807, 2.05) is 0 Å². The van der Waals surface area contributed by atoms with Crippen molar-refractivity contribution in [3.63, 3.8) is 0 Å². The van der Waals surface area contributed by atoms with Crippen LogP contribution in [0.5, 0.6) is 0 Å². The van der Waals surface area contributed by atoms with Crippen LogP contribution in [0.3, 0.4) is 0 Å². The van der Waals surface area contributed by atoms with Crippen molar-refractivity contribution in [3.8, 4) is 0 Å². The number of aliphatic hydroxyl groups is 3. The summed E-state index contributed by atoms with van der Waals surface area (Å²) in [5.74, 6) is 0. The molecule has 1 unspecified atom stereocenters. The third-order valence-corrected chi connectivity index (χ3v) is 2.91. The Kier molecular flexibility index (Phi) is 3.62. The number of nitrogens with one attached hydrogen (secondary N) is 1. The molecule has 0 aromatic carbocycles. The van der Waals surface area contributed by atoms with E-state index in [4.69, 9.17) is 14.9 Å². The average Bonchev–Trinajstić information content (AvgIpc) is 2.70. The minimum absolute atomic E-state index is 0.0279. The number of hydrogen-bond acceptors (Lipinski definition) is 6. The zero-order valence-electron chi connectivity index (χ0n) is 9.44. The van der Waals surface area contributed by atoms with Gasteiger partial charge in [0.25, 0.3) is 5.56 Å². The van der Waals surface area contributed by atoms with E-state index in [1.54, 1.807) is 0 Å². The van der Waals surface area contributed by atoms with Gasteiger partial charge >= 0.3 is 5.69 Å². The average molecular weight is 258 g/mol. The largest absolute Gasteiger partial charge is 0.394 e. The molecule has 0 radical (unpaired) electrons.